The van der Waals surface area contributed by atoms with Crippen LogP contribution in [0.3, 0.4) is 0 Å². The first-order chi connectivity index (χ1) is 10.3. The molecule has 1 aromatic heterocycles. The molecule has 0 aromatic carbocycles. The van der Waals surface area contributed by atoms with E-state index >= 15 is 0 Å². The largest absolute Gasteiger partial charge is 0.351 e. The summed E-state index contributed by atoms with van der Waals surface area (Å²) in [5.41, 5.74) is 0. The number of rotatable bonds is 3. The molecule has 1 saturated heterocycles. The van der Waals surface area contributed by atoms with Crippen LogP contribution in [0.5, 0.6) is 0 Å². The first kappa shape index (κ1) is 14.6. The lowest BCUT2D eigenvalue weighted by atomic mass is 9.85. The van der Waals surface area contributed by atoms with Crippen molar-refractivity contribution in [1.82, 2.24) is 14.4 Å². The van der Waals surface area contributed by atoms with Crippen molar-refractivity contribution in [3.63, 3.8) is 0 Å². The van der Waals surface area contributed by atoms with Crippen LogP contribution in [0, 0.1) is 5.92 Å². The van der Waals surface area contributed by atoms with Crippen LogP contribution >= 0.6 is 0 Å². The van der Waals surface area contributed by atoms with Crippen molar-refractivity contribution in [2.45, 2.75) is 38.6 Å². The van der Waals surface area contributed by atoms with E-state index in [0.717, 1.165) is 58.4 Å². The molecule has 0 spiro atoms. The summed E-state index contributed by atoms with van der Waals surface area (Å²) in [5.74, 6) is 0.682. The summed E-state index contributed by atoms with van der Waals surface area (Å²) in [5, 5.41) is 0. The first-order valence-corrected chi connectivity index (χ1v) is 8.41. The van der Waals surface area contributed by atoms with Crippen molar-refractivity contribution < 1.29 is 4.79 Å². The number of hydrogen-bond donors (Lipinski definition) is 0. The van der Waals surface area contributed by atoms with E-state index in [0.29, 0.717) is 11.9 Å². The lowest BCUT2D eigenvalue weighted by Crippen LogP contribution is -2.50. The number of carbonyl (C=O) groups is 1. The summed E-state index contributed by atoms with van der Waals surface area (Å²) in [6.45, 7) is 7.22. The van der Waals surface area contributed by atoms with Crippen LogP contribution < -0.4 is 0 Å². The minimum atomic E-state index is 0.269. The zero-order chi connectivity index (χ0) is 14.7. The summed E-state index contributed by atoms with van der Waals surface area (Å²) in [6.07, 6.45) is 8.68. The second-order valence-electron chi connectivity index (χ2n) is 6.40. The molecule has 2 fully saturated rings. The molecule has 0 unspecified atom stereocenters. The van der Waals surface area contributed by atoms with Gasteiger partial charge in [0, 0.05) is 50.5 Å². The number of aromatic nitrogens is 1. The fraction of sp³-hybridized carbons (Fsp3) is 0.706. The maximum absolute atomic E-state index is 12.6. The molecule has 4 heteroatoms. The molecule has 1 saturated carbocycles. The highest BCUT2D eigenvalue weighted by Gasteiger charge is 2.31. The minimum Gasteiger partial charge on any atom is -0.351 e. The number of nitrogens with zero attached hydrogens (tertiary/aromatic N) is 3. The third-order valence-corrected chi connectivity index (χ3v) is 5.23. The van der Waals surface area contributed by atoms with E-state index in [2.05, 4.69) is 45.8 Å². The van der Waals surface area contributed by atoms with Gasteiger partial charge in [0.15, 0.2) is 0 Å². The zero-order valence-electron chi connectivity index (χ0n) is 13.1. The molecule has 116 valence electrons. The standard InChI is InChI=1S/C17H27N3O/c1-2-18-11-13-20(14-12-18)17(21)15-5-7-16(8-6-15)19-9-3-4-10-19/h3-4,9-10,15-16H,2,5-8,11-14H2,1H3. The summed E-state index contributed by atoms with van der Waals surface area (Å²) in [4.78, 5) is 17.2. The predicted octanol–water partition coefficient (Wildman–Crippen LogP) is 2.38. The van der Waals surface area contributed by atoms with Gasteiger partial charge in [-0.3, -0.25) is 4.79 Å². The molecule has 0 N–H and O–H groups in total. The highest BCUT2D eigenvalue weighted by atomic mass is 16.2. The van der Waals surface area contributed by atoms with E-state index in [-0.39, 0.29) is 5.92 Å². The Hall–Kier alpha value is -1.29. The van der Waals surface area contributed by atoms with Gasteiger partial charge in [-0.2, -0.15) is 0 Å². The van der Waals surface area contributed by atoms with Gasteiger partial charge >= 0.3 is 0 Å². The number of hydrogen-bond acceptors (Lipinski definition) is 2. The van der Waals surface area contributed by atoms with Crippen LogP contribution in [0.15, 0.2) is 24.5 Å². The molecule has 4 nitrogen and oxygen atoms in total. The van der Waals surface area contributed by atoms with Crippen molar-refractivity contribution in [2.75, 3.05) is 32.7 Å². The summed E-state index contributed by atoms with van der Waals surface area (Å²) >= 11 is 0. The highest BCUT2D eigenvalue weighted by Crippen LogP contribution is 2.33. The lowest BCUT2D eigenvalue weighted by Gasteiger charge is -2.37. The molecule has 21 heavy (non-hydrogen) atoms. The zero-order valence-corrected chi connectivity index (χ0v) is 13.1. The minimum absolute atomic E-state index is 0.269. The molecule has 0 bridgehead atoms. The van der Waals surface area contributed by atoms with Gasteiger partial charge in [0.05, 0.1) is 0 Å². The Morgan fingerprint density at radius 1 is 1.00 bits per heavy atom. The average molecular weight is 289 g/mol. The number of likely N-dealkylation sites (N-methyl/N-ethyl adjacent to an activating group) is 1. The molecule has 0 radical (unpaired) electrons. The van der Waals surface area contributed by atoms with Crippen molar-refractivity contribution in [3.05, 3.63) is 24.5 Å². The Kier molecular flexibility index (Phi) is 4.63. The second kappa shape index (κ2) is 6.65. The van der Waals surface area contributed by atoms with Crippen LogP contribution in [0.1, 0.15) is 38.6 Å². The van der Waals surface area contributed by atoms with E-state index in [1.165, 1.54) is 0 Å². The van der Waals surface area contributed by atoms with Gasteiger partial charge in [-0.25, -0.2) is 0 Å². The van der Waals surface area contributed by atoms with E-state index in [1.54, 1.807) is 0 Å². The van der Waals surface area contributed by atoms with Crippen LogP contribution in [-0.4, -0.2) is 53.0 Å². The third kappa shape index (κ3) is 3.31. The van der Waals surface area contributed by atoms with Crippen LogP contribution in [-0.2, 0) is 4.79 Å². The molecule has 3 rings (SSSR count). The Bertz CT molecular complexity index is 441. The molecule has 0 atom stereocenters. The summed E-state index contributed by atoms with van der Waals surface area (Å²) < 4.78 is 2.31. The molecule has 2 aliphatic rings. The Labute approximate surface area is 127 Å². The van der Waals surface area contributed by atoms with E-state index in [9.17, 15) is 4.79 Å². The first-order valence-electron chi connectivity index (χ1n) is 8.41. The van der Waals surface area contributed by atoms with Crippen molar-refractivity contribution in [2.24, 2.45) is 5.92 Å². The quantitative estimate of drug-likeness (QED) is 0.855. The Morgan fingerprint density at radius 3 is 2.19 bits per heavy atom. The van der Waals surface area contributed by atoms with Gasteiger partial charge in [-0.1, -0.05) is 6.92 Å². The van der Waals surface area contributed by atoms with Gasteiger partial charge in [-0.15, -0.1) is 0 Å². The fourth-order valence-corrected chi connectivity index (χ4v) is 3.75. The Morgan fingerprint density at radius 2 is 1.62 bits per heavy atom. The molecule has 1 amide bonds. The predicted molar refractivity (Wildman–Crippen MR) is 84.1 cm³/mol. The molecule has 1 aliphatic carbocycles. The topological polar surface area (TPSA) is 28.5 Å². The van der Waals surface area contributed by atoms with Gasteiger partial charge in [0.25, 0.3) is 0 Å². The van der Waals surface area contributed by atoms with Gasteiger partial charge in [0.2, 0.25) is 5.91 Å². The fourth-order valence-electron chi connectivity index (χ4n) is 3.75. The smallest absolute Gasteiger partial charge is 0.225 e. The average Bonchev–Trinajstić information content (AvgIpc) is 3.09. The van der Waals surface area contributed by atoms with Crippen molar-refractivity contribution in [3.8, 4) is 0 Å². The second-order valence-corrected chi connectivity index (χ2v) is 6.40. The van der Waals surface area contributed by atoms with E-state index < -0.39 is 0 Å². The lowest BCUT2D eigenvalue weighted by molar-refractivity contribution is -0.138. The van der Waals surface area contributed by atoms with Crippen LogP contribution in [0.25, 0.3) is 0 Å². The molecular weight excluding hydrogens is 262 g/mol. The number of carbonyl (C=O) groups excluding carboxylic acids is 1. The van der Waals surface area contributed by atoms with E-state index in [4.69, 9.17) is 0 Å². The Balaban J connectivity index is 1.49. The van der Waals surface area contributed by atoms with Crippen LogP contribution in [0.4, 0.5) is 0 Å². The normalized spacial score (nSPS) is 27.8. The summed E-state index contributed by atoms with van der Waals surface area (Å²) in [6, 6.07) is 4.77. The van der Waals surface area contributed by atoms with Crippen molar-refractivity contribution >= 4 is 5.91 Å². The molecule has 2 heterocycles. The number of piperazine rings is 1. The van der Waals surface area contributed by atoms with Gasteiger partial charge in [-0.05, 0) is 44.4 Å². The van der Waals surface area contributed by atoms with Gasteiger partial charge < -0.3 is 14.4 Å². The monoisotopic (exact) mass is 289 g/mol. The molecule has 1 aromatic rings. The molecular formula is C17H27N3O. The molecule has 1 aliphatic heterocycles. The number of amides is 1. The summed E-state index contributed by atoms with van der Waals surface area (Å²) in [7, 11) is 0. The SMILES string of the molecule is CCN1CCN(C(=O)C2CCC(n3cccc3)CC2)CC1. The maximum atomic E-state index is 12.6. The van der Waals surface area contributed by atoms with E-state index in [1.807, 2.05) is 0 Å². The maximum Gasteiger partial charge on any atom is 0.225 e. The van der Waals surface area contributed by atoms with Crippen molar-refractivity contribution in [1.29, 1.82) is 0 Å². The van der Waals surface area contributed by atoms with Crippen LogP contribution in [0.2, 0.25) is 0 Å². The highest BCUT2D eigenvalue weighted by molar-refractivity contribution is 5.79. The third-order valence-electron chi connectivity index (χ3n) is 5.23. The van der Waals surface area contributed by atoms with Gasteiger partial charge in [0.1, 0.15) is 0 Å².